The summed E-state index contributed by atoms with van der Waals surface area (Å²) in [6.45, 7) is 0.0505. The molecule has 0 radical (unpaired) electrons. The van der Waals surface area contributed by atoms with Crippen LogP contribution in [-0.4, -0.2) is 35.2 Å². The van der Waals surface area contributed by atoms with Crippen molar-refractivity contribution in [1.82, 2.24) is 0 Å². The van der Waals surface area contributed by atoms with E-state index >= 15 is 0 Å². The second-order valence-electron chi connectivity index (χ2n) is 4.07. The smallest absolute Gasteiger partial charge is 0.234 e. The molecule has 0 amide bonds. The standard InChI is InChI=1S/C9H13NO.C4H5BO2/c10-9(7-11)6-8-4-2-1-3-5-8;6-3-1-2-5-4(3)7/h1-5,9,11H,6-7,10H2;1-2,5-7H. The van der Waals surface area contributed by atoms with E-state index in [1.807, 2.05) is 30.3 Å². The van der Waals surface area contributed by atoms with Crippen molar-refractivity contribution in [2.75, 3.05) is 6.61 Å². The molecule has 1 aliphatic heterocycles. The summed E-state index contributed by atoms with van der Waals surface area (Å²) in [6.07, 6.45) is 2.23. The van der Waals surface area contributed by atoms with Crippen LogP contribution in [0.15, 0.2) is 53.8 Å². The van der Waals surface area contributed by atoms with Gasteiger partial charge in [-0.15, -0.1) is 5.98 Å². The maximum Gasteiger partial charge on any atom is 0.234 e. The highest BCUT2D eigenvalue weighted by Crippen LogP contribution is 2.04. The van der Waals surface area contributed by atoms with E-state index in [1.165, 1.54) is 11.6 Å². The molecule has 0 saturated carbocycles. The van der Waals surface area contributed by atoms with Crippen LogP contribution in [0.4, 0.5) is 0 Å². The third-order valence-electron chi connectivity index (χ3n) is 2.46. The molecule has 0 aromatic heterocycles. The maximum absolute atomic E-state index is 8.67. The van der Waals surface area contributed by atoms with Gasteiger partial charge >= 0.3 is 0 Å². The Morgan fingerprint density at radius 1 is 1.17 bits per heavy atom. The first-order chi connectivity index (χ1) is 8.63. The number of hydrogen-bond donors (Lipinski definition) is 4. The lowest BCUT2D eigenvalue weighted by molar-refractivity contribution is 0.265. The number of rotatable bonds is 3. The highest BCUT2D eigenvalue weighted by atomic mass is 16.3. The zero-order chi connectivity index (χ0) is 13.4. The van der Waals surface area contributed by atoms with E-state index in [1.54, 1.807) is 5.98 Å². The van der Waals surface area contributed by atoms with Crippen LogP contribution in [0.1, 0.15) is 5.56 Å². The molecule has 1 unspecified atom stereocenters. The van der Waals surface area contributed by atoms with Crippen LogP contribution in [0.5, 0.6) is 0 Å². The molecule has 0 saturated heterocycles. The Hall–Kier alpha value is -1.72. The molecule has 0 bridgehead atoms. The van der Waals surface area contributed by atoms with Gasteiger partial charge in [0, 0.05) is 6.04 Å². The van der Waals surface area contributed by atoms with Crippen LogP contribution < -0.4 is 5.73 Å². The Balaban J connectivity index is 0.000000199. The Labute approximate surface area is 107 Å². The molecule has 0 spiro atoms. The van der Waals surface area contributed by atoms with Gasteiger partial charge in [-0.1, -0.05) is 30.3 Å². The number of allylic oxidation sites excluding steroid dienone is 1. The molecule has 5 N–H and O–H groups in total. The third kappa shape index (κ3) is 5.08. The Morgan fingerprint density at radius 3 is 2.22 bits per heavy atom. The molecule has 5 heteroatoms. The van der Waals surface area contributed by atoms with E-state index in [2.05, 4.69) is 0 Å². The molecule has 1 atom stereocenters. The molecular formula is C13H18BNO3. The molecule has 1 aromatic rings. The fourth-order valence-electron chi connectivity index (χ4n) is 1.46. The van der Waals surface area contributed by atoms with Crippen molar-refractivity contribution in [3.05, 3.63) is 59.4 Å². The van der Waals surface area contributed by atoms with Gasteiger partial charge in [-0.25, -0.2) is 0 Å². The first kappa shape index (κ1) is 14.3. The Kier molecular flexibility index (Phi) is 6.04. The van der Waals surface area contributed by atoms with Crippen LogP contribution in [0.2, 0.25) is 0 Å². The van der Waals surface area contributed by atoms with E-state index < -0.39 is 0 Å². The lowest BCUT2D eigenvalue weighted by Gasteiger charge is -2.06. The number of aliphatic hydroxyl groups excluding tert-OH is 3. The second kappa shape index (κ2) is 7.58. The largest absolute Gasteiger partial charge is 0.519 e. The zero-order valence-corrected chi connectivity index (χ0v) is 10.2. The molecule has 0 aliphatic carbocycles. The summed E-state index contributed by atoms with van der Waals surface area (Å²) in [4.78, 5) is 0. The number of nitrogens with two attached hydrogens (primary N) is 1. The quantitative estimate of drug-likeness (QED) is 0.594. The van der Waals surface area contributed by atoms with E-state index in [4.69, 9.17) is 21.1 Å². The van der Waals surface area contributed by atoms with Crippen molar-refractivity contribution in [2.45, 2.75) is 12.5 Å². The summed E-state index contributed by atoms with van der Waals surface area (Å²) in [5, 5.41) is 25.8. The van der Waals surface area contributed by atoms with Crippen LogP contribution in [0.25, 0.3) is 0 Å². The predicted molar refractivity (Wildman–Crippen MR) is 73.8 cm³/mol. The van der Waals surface area contributed by atoms with E-state index in [-0.39, 0.29) is 24.1 Å². The lowest BCUT2D eigenvalue weighted by atomic mass is 9.80. The molecule has 4 nitrogen and oxygen atoms in total. The van der Waals surface area contributed by atoms with Gasteiger partial charge in [-0.3, -0.25) is 0 Å². The Bertz CT molecular complexity index is 418. The van der Waals surface area contributed by atoms with Gasteiger partial charge in [-0.05, 0) is 18.1 Å². The van der Waals surface area contributed by atoms with Crippen molar-refractivity contribution in [3.63, 3.8) is 0 Å². The Morgan fingerprint density at radius 2 is 1.83 bits per heavy atom. The van der Waals surface area contributed by atoms with Crippen LogP contribution in [-0.2, 0) is 6.42 Å². The van der Waals surface area contributed by atoms with Gasteiger partial charge in [0.2, 0.25) is 7.28 Å². The SMILES string of the molecule is NC(CO)Cc1ccccc1.OC1=C(O)C=CB1. The average Bonchev–Trinajstić information content (AvgIpc) is 2.76. The summed E-state index contributed by atoms with van der Waals surface area (Å²) in [5.74, 6) is 1.70. The van der Waals surface area contributed by atoms with E-state index in [9.17, 15) is 0 Å². The zero-order valence-electron chi connectivity index (χ0n) is 10.2. The maximum atomic E-state index is 8.67. The summed E-state index contributed by atoms with van der Waals surface area (Å²) in [7, 11) is 0.478. The molecule has 1 aromatic carbocycles. The van der Waals surface area contributed by atoms with Crippen LogP contribution >= 0.6 is 0 Å². The van der Waals surface area contributed by atoms with Gasteiger partial charge in [0.15, 0.2) is 0 Å². The predicted octanol–water partition coefficient (Wildman–Crippen LogP) is 0.784. The summed E-state index contributed by atoms with van der Waals surface area (Å²) in [5.41, 5.74) is 6.80. The third-order valence-corrected chi connectivity index (χ3v) is 2.46. The van der Waals surface area contributed by atoms with Gasteiger partial charge in [-0.2, -0.15) is 0 Å². The van der Waals surface area contributed by atoms with Crippen molar-refractivity contribution >= 4 is 7.28 Å². The van der Waals surface area contributed by atoms with Gasteiger partial charge in [0.05, 0.1) is 12.3 Å². The highest BCUT2D eigenvalue weighted by Gasteiger charge is 2.04. The average molecular weight is 247 g/mol. The van der Waals surface area contributed by atoms with E-state index in [0.717, 1.165) is 6.42 Å². The molecule has 1 heterocycles. The molecule has 18 heavy (non-hydrogen) atoms. The van der Waals surface area contributed by atoms with Crippen molar-refractivity contribution in [3.8, 4) is 0 Å². The molecule has 96 valence electrons. The topological polar surface area (TPSA) is 86.7 Å². The fourth-order valence-corrected chi connectivity index (χ4v) is 1.46. The molecular weight excluding hydrogens is 229 g/mol. The molecule has 1 aliphatic rings. The monoisotopic (exact) mass is 247 g/mol. The first-order valence-electron chi connectivity index (χ1n) is 5.81. The molecule has 2 rings (SSSR count). The minimum Gasteiger partial charge on any atom is -0.519 e. The number of hydrogen-bond acceptors (Lipinski definition) is 4. The highest BCUT2D eigenvalue weighted by molar-refractivity contribution is 6.51. The van der Waals surface area contributed by atoms with Crippen LogP contribution in [0.3, 0.4) is 0 Å². The second-order valence-corrected chi connectivity index (χ2v) is 4.07. The van der Waals surface area contributed by atoms with Gasteiger partial charge < -0.3 is 21.1 Å². The minimum absolute atomic E-state index is 0.000000000000000444. The fraction of sp³-hybridized carbons (Fsp3) is 0.231. The summed E-state index contributed by atoms with van der Waals surface area (Å²) >= 11 is 0. The van der Waals surface area contributed by atoms with Gasteiger partial charge in [0.1, 0.15) is 5.76 Å². The summed E-state index contributed by atoms with van der Waals surface area (Å²) < 4.78 is 0. The first-order valence-corrected chi connectivity index (χ1v) is 5.81. The normalized spacial score (nSPS) is 14.8. The lowest BCUT2D eigenvalue weighted by Crippen LogP contribution is -2.26. The number of aliphatic hydroxyl groups is 3. The summed E-state index contributed by atoms with van der Waals surface area (Å²) in [6, 6.07) is 9.80. The van der Waals surface area contributed by atoms with Crippen molar-refractivity contribution in [1.29, 1.82) is 0 Å². The minimum atomic E-state index is -0.127. The van der Waals surface area contributed by atoms with Crippen LogP contribution in [0, 0.1) is 0 Å². The van der Waals surface area contributed by atoms with Crippen molar-refractivity contribution < 1.29 is 15.3 Å². The van der Waals surface area contributed by atoms with E-state index in [0.29, 0.717) is 7.28 Å². The van der Waals surface area contributed by atoms with Crippen molar-refractivity contribution in [2.24, 2.45) is 5.73 Å². The van der Waals surface area contributed by atoms with Gasteiger partial charge in [0.25, 0.3) is 0 Å². The number of benzene rings is 1. The molecule has 0 fully saturated rings.